The first kappa shape index (κ1) is 9.95. The SMILES string of the molecule is CN=C(N)NC#N.[B]. The Hall–Kier alpha value is -1.18. The molecule has 0 aromatic rings. The molecular weight excluding hydrogens is 103 g/mol. The molecule has 0 aliphatic rings. The van der Waals surface area contributed by atoms with E-state index in [9.17, 15) is 0 Å². The van der Waals surface area contributed by atoms with Crippen molar-refractivity contribution in [1.82, 2.24) is 5.32 Å². The van der Waals surface area contributed by atoms with E-state index >= 15 is 0 Å². The molecule has 5 heteroatoms. The van der Waals surface area contributed by atoms with Crippen molar-refractivity contribution >= 4 is 14.4 Å². The van der Waals surface area contributed by atoms with E-state index in [0.29, 0.717) is 0 Å². The van der Waals surface area contributed by atoms with Gasteiger partial charge in [0.1, 0.15) is 0 Å². The lowest BCUT2D eigenvalue weighted by Crippen LogP contribution is -2.26. The highest BCUT2D eigenvalue weighted by Gasteiger charge is 1.77. The molecule has 4 nitrogen and oxygen atoms in total. The van der Waals surface area contributed by atoms with E-state index < -0.39 is 0 Å². The van der Waals surface area contributed by atoms with Crippen LogP contribution in [0.25, 0.3) is 0 Å². The van der Waals surface area contributed by atoms with Crippen LogP contribution in [0.2, 0.25) is 0 Å². The lowest BCUT2D eigenvalue weighted by atomic mass is 10.8. The van der Waals surface area contributed by atoms with Crippen molar-refractivity contribution in [2.24, 2.45) is 10.7 Å². The molecule has 0 aromatic carbocycles. The lowest BCUT2D eigenvalue weighted by molar-refractivity contribution is 1.20. The van der Waals surface area contributed by atoms with Gasteiger partial charge in [0, 0.05) is 15.5 Å². The first-order valence-corrected chi connectivity index (χ1v) is 1.68. The van der Waals surface area contributed by atoms with Gasteiger partial charge in [0.25, 0.3) is 0 Å². The largest absolute Gasteiger partial charge is 0.369 e. The standard InChI is InChI=1S/C3H6N4.B/c1-6-3(5)7-2-4;/h1H3,(H3,5,6,7);. The van der Waals surface area contributed by atoms with Crippen molar-refractivity contribution in [1.29, 1.82) is 5.26 Å². The van der Waals surface area contributed by atoms with Crippen molar-refractivity contribution in [2.75, 3.05) is 7.05 Å². The summed E-state index contributed by atoms with van der Waals surface area (Å²) in [6.45, 7) is 0. The van der Waals surface area contributed by atoms with Crippen molar-refractivity contribution in [2.45, 2.75) is 0 Å². The molecule has 3 radical (unpaired) electrons. The maximum absolute atomic E-state index is 7.85. The zero-order valence-electron chi connectivity index (χ0n) is 4.55. The van der Waals surface area contributed by atoms with Crippen LogP contribution in [0.4, 0.5) is 0 Å². The first-order chi connectivity index (χ1) is 3.31. The molecule has 0 unspecified atom stereocenters. The highest BCUT2D eigenvalue weighted by Crippen LogP contribution is 1.50. The molecule has 0 heterocycles. The average Bonchev–Trinajstić information content (AvgIpc) is 1.68. The topological polar surface area (TPSA) is 74.2 Å². The molecule has 0 aliphatic carbocycles. The smallest absolute Gasteiger partial charge is 0.201 e. The van der Waals surface area contributed by atoms with E-state index in [2.05, 4.69) is 10.3 Å². The molecule has 0 atom stereocenters. The Morgan fingerprint density at radius 3 is 2.50 bits per heavy atom. The number of guanidine groups is 1. The number of nitrogens with one attached hydrogen (secondary N) is 1. The molecule has 0 rings (SSSR count). The summed E-state index contributed by atoms with van der Waals surface area (Å²) in [5.41, 5.74) is 5.00. The van der Waals surface area contributed by atoms with Crippen LogP contribution in [0.5, 0.6) is 0 Å². The molecule has 8 heavy (non-hydrogen) atoms. The summed E-state index contributed by atoms with van der Waals surface area (Å²) in [7, 11) is 1.50. The summed E-state index contributed by atoms with van der Waals surface area (Å²) in [6.07, 6.45) is 1.61. The van der Waals surface area contributed by atoms with Gasteiger partial charge in [-0.3, -0.25) is 10.3 Å². The number of hydrogen-bond donors (Lipinski definition) is 2. The van der Waals surface area contributed by atoms with Gasteiger partial charge in [-0.1, -0.05) is 0 Å². The highest BCUT2D eigenvalue weighted by atomic mass is 15.1. The maximum atomic E-state index is 7.85. The summed E-state index contributed by atoms with van der Waals surface area (Å²) < 4.78 is 0. The van der Waals surface area contributed by atoms with Gasteiger partial charge in [-0.15, -0.1) is 0 Å². The van der Waals surface area contributed by atoms with Gasteiger partial charge in [0.2, 0.25) is 5.96 Å². The van der Waals surface area contributed by atoms with Gasteiger partial charge in [0.05, 0.1) is 0 Å². The molecule has 0 saturated heterocycles. The van der Waals surface area contributed by atoms with Crippen LogP contribution >= 0.6 is 0 Å². The van der Waals surface area contributed by atoms with E-state index in [0.717, 1.165) is 0 Å². The van der Waals surface area contributed by atoms with Crippen LogP contribution in [0.3, 0.4) is 0 Å². The lowest BCUT2D eigenvalue weighted by Gasteiger charge is -1.87. The van der Waals surface area contributed by atoms with E-state index in [1.54, 1.807) is 6.19 Å². The second-order valence-corrected chi connectivity index (χ2v) is 0.846. The molecule has 0 amide bonds. The molecule has 0 aliphatic heterocycles. The Morgan fingerprint density at radius 1 is 1.88 bits per heavy atom. The van der Waals surface area contributed by atoms with Gasteiger partial charge in [0.15, 0.2) is 6.19 Å². The minimum atomic E-state index is 0. The van der Waals surface area contributed by atoms with Gasteiger partial charge in [-0.2, -0.15) is 5.26 Å². The monoisotopic (exact) mass is 109 g/mol. The molecule has 0 spiro atoms. The van der Waals surface area contributed by atoms with E-state index in [-0.39, 0.29) is 14.4 Å². The van der Waals surface area contributed by atoms with Gasteiger partial charge >= 0.3 is 0 Å². The first-order valence-electron chi connectivity index (χ1n) is 1.68. The van der Waals surface area contributed by atoms with Crippen molar-refractivity contribution in [3.05, 3.63) is 0 Å². The summed E-state index contributed by atoms with van der Waals surface area (Å²) in [4.78, 5) is 3.44. The molecule has 41 valence electrons. The van der Waals surface area contributed by atoms with Crippen LogP contribution in [-0.2, 0) is 0 Å². The predicted molar refractivity (Wildman–Crippen MR) is 32.0 cm³/mol. The van der Waals surface area contributed by atoms with Gasteiger partial charge < -0.3 is 5.73 Å². The summed E-state index contributed by atoms with van der Waals surface area (Å²) in [5.74, 6) is 0.141. The Balaban J connectivity index is 0. The number of hydrogen-bond acceptors (Lipinski definition) is 2. The fourth-order valence-electron chi connectivity index (χ4n) is 0.113. The van der Waals surface area contributed by atoms with Crippen molar-refractivity contribution in [3.63, 3.8) is 0 Å². The maximum Gasteiger partial charge on any atom is 0.201 e. The van der Waals surface area contributed by atoms with Crippen LogP contribution in [0.1, 0.15) is 0 Å². The second kappa shape index (κ2) is 5.82. The van der Waals surface area contributed by atoms with Crippen LogP contribution in [0, 0.1) is 11.5 Å². The van der Waals surface area contributed by atoms with Crippen LogP contribution in [-0.4, -0.2) is 21.4 Å². The Morgan fingerprint density at radius 2 is 2.38 bits per heavy atom. The van der Waals surface area contributed by atoms with E-state index in [1.165, 1.54) is 7.05 Å². The van der Waals surface area contributed by atoms with Gasteiger partial charge in [-0.05, 0) is 0 Å². The van der Waals surface area contributed by atoms with Crippen LogP contribution < -0.4 is 11.1 Å². The fraction of sp³-hybridized carbons (Fsp3) is 0.333. The molecule has 0 bridgehead atoms. The van der Waals surface area contributed by atoms with Gasteiger partial charge in [-0.25, -0.2) is 0 Å². The number of nitrogens with zero attached hydrogens (tertiary/aromatic N) is 2. The second-order valence-electron chi connectivity index (χ2n) is 0.846. The Labute approximate surface area is 50.0 Å². The number of aliphatic imine (C=N–C) groups is 1. The molecular formula is C3H6BN4. The number of rotatable bonds is 0. The predicted octanol–water partition coefficient (Wildman–Crippen LogP) is -1.38. The number of nitrogens with two attached hydrogens (primary N) is 1. The quantitative estimate of drug-likeness (QED) is 0.132. The van der Waals surface area contributed by atoms with Crippen molar-refractivity contribution < 1.29 is 0 Å². The Bertz CT molecular complexity index is 113. The third-order valence-corrected chi connectivity index (χ3v) is 0.425. The fourth-order valence-corrected chi connectivity index (χ4v) is 0.113. The molecule has 0 aromatic heterocycles. The van der Waals surface area contributed by atoms with E-state index in [1.807, 2.05) is 0 Å². The molecule has 0 saturated carbocycles. The van der Waals surface area contributed by atoms with Crippen LogP contribution in [0.15, 0.2) is 4.99 Å². The minimum Gasteiger partial charge on any atom is -0.369 e. The zero-order chi connectivity index (χ0) is 5.70. The summed E-state index contributed by atoms with van der Waals surface area (Å²) in [5, 5.41) is 9.97. The normalized spacial score (nSPS) is 8.75. The molecule has 3 N–H and O–H groups in total. The summed E-state index contributed by atoms with van der Waals surface area (Å²) >= 11 is 0. The highest BCUT2D eigenvalue weighted by molar-refractivity contribution is 5.78. The van der Waals surface area contributed by atoms with Crippen molar-refractivity contribution in [3.8, 4) is 6.19 Å². The third kappa shape index (κ3) is 4.82. The zero-order valence-corrected chi connectivity index (χ0v) is 4.55. The van der Waals surface area contributed by atoms with E-state index in [4.69, 9.17) is 11.0 Å². The summed E-state index contributed by atoms with van der Waals surface area (Å²) in [6, 6.07) is 0. The average molecular weight is 109 g/mol. The third-order valence-electron chi connectivity index (χ3n) is 0.425. The molecule has 0 fully saturated rings. The number of nitriles is 1. The minimum absolute atomic E-state index is 0. The Kier molecular flexibility index (Phi) is 7.24.